The standard InChI is InChI=1S/C21H22N6O2/c1-28-18-9-6-12(10-19(18)29-2)17-11-27(21(24)25-17)26-16-8-7-13-14(16)4-3-5-15(13)20(22)23/h3-6,9-11H,7-8H2,1-2H3,(H3,22,23)(H2,24,25)/b26-16+. The minimum Gasteiger partial charge on any atom is -0.493 e. The van der Waals surface area contributed by atoms with Gasteiger partial charge in [0.2, 0.25) is 5.95 Å². The van der Waals surface area contributed by atoms with Crippen molar-refractivity contribution >= 4 is 17.5 Å². The van der Waals surface area contributed by atoms with Gasteiger partial charge >= 0.3 is 0 Å². The first-order chi connectivity index (χ1) is 14.0. The molecule has 5 N–H and O–H groups in total. The van der Waals surface area contributed by atoms with Gasteiger partial charge in [-0.05, 0) is 36.6 Å². The van der Waals surface area contributed by atoms with Gasteiger partial charge in [-0.2, -0.15) is 5.10 Å². The van der Waals surface area contributed by atoms with Crippen LogP contribution < -0.4 is 20.9 Å². The Morgan fingerprint density at radius 2 is 1.93 bits per heavy atom. The average Bonchev–Trinajstić information content (AvgIpc) is 3.31. The maximum absolute atomic E-state index is 7.77. The van der Waals surface area contributed by atoms with E-state index in [4.69, 9.17) is 31.5 Å². The van der Waals surface area contributed by atoms with E-state index in [1.807, 2.05) is 36.4 Å². The molecule has 1 heterocycles. The van der Waals surface area contributed by atoms with Crippen molar-refractivity contribution in [2.45, 2.75) is 12.8 Å². The second-order valence-corrected chi connectivity index (χ2v) is 6.69. The van der Waals surface area contributed by atoms with E-state index >= 15 is 0 Å². The van der Waals surface area contributed by atoms with Gasteiger partial charge in [0.1, 0.15) is 5.84 Å². The lowest BCUT2D eigenvalue weighted by Crippen LogP contribution is -2.13. The molecule has 0 amide bonds. The molecular weight excluding hydrogens is 368 g/mol. The molecule has 0 saturated heterocycles. The number of nitrogens with zero attached hydrogens (tertiary/aromatic N) is 3. The third-order valence-electron chi connectivity index (χ3n) is 5.01. The van der Waals surface area contributed by atoms with Crippen molar-refractivity contribution in [1.29, 1.82) is 5.41 Å². The number of rotatable bonds is 5. The van der Waals surface area contributed by atoms with Crippen molar-refractivity contribution in [2.24, 2.45) is 10.8 Å². The summed E-state index contributed by atoms with van der Waals surface area (Å²) >= 11 is 0. The van der Waals surface area contributed by atoms with E-state index in [1.54, 1.807) is 25.1 Å². The summed E-state index contributed by atoms with van der Waals surface area (Å²) in [4.78, 5) is 4.44. The predicted molar refractivity (Wildman–Crippen MR) is 113 cm³/mol. The SMILES string of the molecule is COc1ccc(-c2cn(/N=C3\CCc4c(C(=N)N)cccc43)c(N)n2)cc1OC. The number of ether oxygens (including phenoxy) is 2. The molecule has 0 unspecified atom stereocenters. The van der Waals surface area contributed by atoms with Gasteiger partial charge in [0, 0.05) is 16.7 Å². The van der Waals surface area contributed by atoms with E-state index in [-0.39, 0.29) is 5.84 Å². The van der Waals surface area contributed by atoms with Crippen LogP contribution in [0.2, 0.25) is 0 Å². The van der Waals surface area contributed by atoms with Crippen LogP contribution >= 0.6 is 0 Å². The van der Waals surface area contributed by atoms with Crippen LogP contribution in [0.15, 0.2) is 47.7 Å². The lowest BCUT2D eigenvalue weighted by Gasteiger charge is -2.08. The molecule has 29 heavy (non-hydrogen) atoms. The smallest absolute Gasteiger partial charge is 0.221 e. The second kappa shape index (κ2) is 7.31. The first-order valence-corrected chi connectivity index (χ1v) is 9.13. The van der Waals surface area contributed by atoms with Gasteiger partial charge in [0.25, 0.3) is 0 Å². The molecule has 1 aliphatic carbocycles. The molecule has 0 fully saturated rings. The number of imidazole rings is 1. The molecule has 0 atom stereocenters. The second-order valence-electron chi connectivity index (χ2n) is 6.69. The highest BCUT2D eigenvalue weighted by Gasteiger charge is 2.22. The largest absolute Gasteiger partial charge is 0.493 e. The molecule has 0 saturated carbocycles. The number of hydrogen-bond acceptors (Lipinski definition) is 6. The fraction of sp³-hybridized carbons (Fsp3) is 0.190. The van der Waals surface area contributed by atoms with E-state index in [2.05, 4.69) is 4.98 Å². The number of nitrogens with two attached hydrogens (primary N) is 2. The number of nitrogen functional groups attached to an aromatic ring is 2. The Hall–Kier alpha value is -3.81. The molecule has 4 rings (SSSR count). The summed E-state index contributed by atoms with van der Waals surface area (Å²) in [5.74, 6) is 1.62. The zero-order valence-electron chi connectivity index (χ0n) is 16.3. The van der Waals surface area contributed by atoms with Crippen LogP contribution in [0.1, 0.15) is 23.1 Å². The van der Waals surface area contributed by atoms with E-state index in [9.17, 15) is 0 Å². The number of anilines is 1. The molecule has 0 radical (unpaired) electrons. The van der Waals surface area contributed by atoms with Crippen LogP contribution in [-0.4, -0.2) is 35.4 Å². The van der Waals surface area contributed by atoms with Crippen molar-refractivity contribution in [3.63, 3.8) is 0 Å². The minimum atomic E-state index is 0.0704. The lowest BCUT2D eigenvalue weighted by molar-refractivity contribution is 0.355. The number of methoxy groups -OCH3 is 2. The number of aromatic nitrogens is 2. The fourth-order valence-corrected chi connectivity index (χ4v) is 3.59. The number of hydrogen-bond donors (Lipinski definition) is 3. The molecule has 1 aliphatic rings. The molecule has 1 aromatic heterocycles. The molecule has 0 spiro atoms. The Morgan fingerprint density at radius 3 is 2.66 bits per heavy atom. The van der Waals surface area contributed by atoms with Gasteiger partial charge in [0.15, 0.2) is 11.5 Å². The van der Waals surface area contributed by atoms with Crippen molar-refractivity contribution in [3.8, 4) is 22.8 Å². The van der Waals surface area contributed by atoms with Gasteiger partial charge in [0.05, 0.1) is 31.8 Å². The van der Waals surface area contributed by atoms with Gasteiger partial charge < -0.3 is 20.9 Å². The van der Waals surface area contributed by atoms with Crippen molar-refractivity contribution in [3.05, 3.63) is 59.3 Å². The molecule has 8 nitrogen and oxygen atoms in total. The Labute approximate surface area is 168 Å². The summed E-state index contributed by atoms with van der Waals surface area (Å²) < 4.78 is 12.2. The maximum atomic E-state index is 7.77. The fourth-order valence-electron chi connectivity index (χ4n) is 3.59. The van der Waals surface area contributed by atoms with Crippen molar-refractivity contribution in [2.75, 3.05) is 20.0 Å². The van der Waals surface area contributed by atoms with Crippen molar-refractivity contribution < 1.29 is 9.47 Å². The first-order valence-electron chi connectivity index (χ1n) is 9.13. The van der Waals surface area contributed by atoms with E-state index in [0.29, 0.717) is 23.1 Å². The van der Waals surface area contributed by atoms with Crippen LogP contribution in [0.3, 0.4) is 0 Å². The van der Waals surface area contributed by atoms with Gasteiger partial charge in [-0.1, -0.05) is 18.2 Å². The summed E-state index contributed by atoms with van der Waals surface area (Å²) in [5, 5.41) is 12.5. The molecule has 8 heteroatoms. The van der Waals surface area contributed by atoms with E-state index in [0.717, 1.165) is 40.8 Å². The maximum Gasteiger partial charge on any atom is 0.221 e. The number of fused-ring (bicyclic) bond motifs is 1. The number of nitrogens with one attached hydrogen (secondary N) is 1. The molecule has 148 valence electrons. The van der Waals surface area contributed by atoms with Crippen molar-refractivity contribution in [1.82, 2.24) is 9.66 Å². The van der Waals surface area contributed by atoms with Crippen LogP contribution in [0.5, 0.6) is 11.5 Å². The third-order valence-corrected chi connectivity index (χ3v) is 5.01. The minimum absolute atomic E-state index is 0.0704. The highest BCUT2D eigenvalue weighted by Crippen LogP contribution is 2.32. The van der Waals surface area contributed by atoms with Gasteiger partial charge in [-0.15, -0.1) is 0 Å². The lowest BCUT2D eigenvalue weighted by atomic mass is 10.0. The van der Waals surface area contributed by atoms with E-state index < -0.39 is 0 Å². The molecular formula is C21H22N6O2. The number of benzene rings is 2. The molecule has 2 aromatic carbocycles. The van der Waals surface area contributed by atoms with Gasteiger partial charge in [-0.3, -0.25) is 5.41 Å². The summed E-state index contributed by atoms with van der Waals surface area (Å²) in [7, 11) is 3.19. The van der Waals surface area contributed by atoms with E-state index in [1.165, 1.54) is 0 Å². The summed E-state index contributed by atoms with van der Waals surface area (Å²) in [6, 6.07) is 11.3. The zero-order valence-corrected chi connectivity index (χ0v) is 16.3. The van der Waals surface area contributed by atoms with Crippen LogP contribution in [0.25, 0.3) is 11.3 Å². The van der Waals surface area contributed by atoms with Gasteiger partial charge in [-0.25, -0.2) is 9.66 Å². The van der Waals surface area contributed by atoms with Crippen LogP contribution in [0.4, 0.5) is 5.95 Å². The molecule has 0 aliphatic heterocycles. The van der Waals surface area contributed by atoms with Crippen LogP contribution in [-0.2, 0) is 6.42 Å². The Bertz CT molecular complexity index is 1130. The Balaban J connectivity index is 1.71. The topological polar surface area (TPSA) is 125 Å². The molecule has 3 aromatic rings. The summed E-state index contributed by atoms with van der Waals surface area (Å²) in [6.45, 7) is 0. The van der Waals surface area contributed by atoms with Crippen LogP contribution in [0, 0.1) is 5.41 Å². The summed E-state index contributed by atoms with van der Waals surface area (Å²) in [6.07, 6.45) is 3.33. The predicted octanol–water partition coefficient (Wildman–Crippen LogP) is 2.63. The third kappa shape index (κ3) is 3.29. The number of amidine groups is 1. The quantitative estimate of drug-likeness (QED) is 0.456. The molecule has 0 bridgehead atoms. The first kappa shape index (κ1) is 18.5. The monoisotopic (exact) mass is 390 g/mol. The Kier molecular flexibility index (Phi) is 4.67. The highest BCUT2D eigenvalue weighted by molar-refractivity contribution is 6.08. The Morgan fingerprint density at radius 1 is 1.14 bits per heavy atom. The normalized spacial score (nSPS) is 14.1. The summed E-state index contributed by atoms with van der Waals surface area (Å²) in [5.41, 5.74) is 17.1. The highest BCUT2D eigenvalue weighted by atomic mass is 16.5. The zero-order chi connectivity index (χ0) is 20.5. The average molecular weight is 390 g/mol.